The summed E-state index contributed by atoms with van der Waals surface area (Å²) in [5, 5.41) is 0.841. The molecule has 1 aliphatic rings. The van der Waals surface area contributed by atoms with Crippen LogP contribution >= 0.6 is 0 Å². The fourth-order valence-corrected chi connectivity index (χ4v) is 3.95. The summed E-state index contributed by atoms with van der Waals surface area (Å²) < 4.78 is 12.0. The molecule has 0 unspecified atom stereocenters. The lowest BCUT2D eigenvalue weighted by Gasteiger charge is -2.32. The molecule has 27 heavy (non-hydrogen) atoms. The number of rotatable bonds is 2. The van der Waals surface area contributed by atoms with Crippen LogP contribution in [0, 0.1) is 0 Å². The van der Waals surface area contributed by atoms with E-state index in [0.717, 1.165) is 16.5 Å². The predicted octanol–water partition coefficient (Wildman–Crippen LogP) is 5.45. The lowest BCUT2D eigenvalue weighted by molar-refractivity contribution is 0.167. The molecule has 3 nitrogen and oxygen atoms in total. The van der Waals surface area contributed by atoms with E-state index in [9.17, 15) is 4.79 Å². The van der Waals surface area contributed by atoms with E-state index in [1.165, 1.54) is 0 Å². The van der Waals surface area contributed by atoms with Crippen molar-refractivity contribution in [2.45, 2.75) is 18.4 Å². The number of hydrogen-bond donors (Lipinski definition) is 0. The SMILES string of the molecule is O=c1oc2ccccc2c2c1[C@H](c1ccccc1)C[C@H](c1ccccc1)O2. The van der Waals surface area contributed by atoms with Gasteiger partial charge < -0.3 is 9.15 Å². The van der Waals surface area contributed by atoms with Gasteiger partial charge in [-0.2, -0.15) is 0 Å². The molecule has 0 amide bonds. The Balaban J connectivity index is 1.76. The van der Waals surface area contributed by atoms with Gasteiger partial charge in [0.05, 0.1) is 10.9 Å². The van der Waals surface area contributed by atoms with E-state index in [0.29, 0.717) is 23.3 Å². The summed E-state index contributed by atoms with van der Waals surface area (Å²) in [5.41, 5.74) is 3.07. The van der Waals surface area contributed by atoms with Gasteiger partial charge >= 0.3 is 5.63 Å². The maximum Gasteiger partial charge on any atom is 0.343 e. The fourth-order valence-electron chi connectivity index (χ4n) is 3.95. The Morgan fingerprint density at radius 3 is 2.11 bits per heavy atom. The molecule has 2 heterocycles. The van der Waals surface area contributed by atoms with Crippen LogP contribution in [0.25, 0.3) is 11.0 Å². The Morgan fingerprint density at radius 1 is 0.741 bits per heavy atom. The van der Waals surface area contributed by atoms with Crippen LogP contribution in [0.4, 0.5) is 0 Å². The Morgan fingerprint density at radius 2 is 1.37 bits per heavy atom. The minimum atomic E-state index is -0.316. The molecule has 0 aliphatic carbocycles. The van der Waals surface area contributed by atoms with E-state index in [-0.39, 0.29) is 17.6 Å². The van der Waals surface area contributed by atoms with Gasteiger partial charge in [0.15, 0.2) is 0 Å². The Kier molecular flexibility index (Phi) is 3.79. The highest BCUT2D eigenvalue weighted by atomic mass is 16.5. The molecule has 2 atom stereocenters. The van der Waals surface area contributed by atoms with Crippen molar-refractivity contribution in [1.29, 1.82) is 0 Å². The zero-order valence-electron chi connectivity index (χ0n) is 14.7. The minimum Gasteiger partial charge on any atom is -0.484 e. The predicted molar refractivity (Wildman–Crippen MR) is 105 cm³/mol. The molecular weight excluding hydrogens is 336 g/mol. The van der Waals surface area contributed by atoms with Gasteiger partial charge in [-0.25, -0.2) is 4.79 Å². The highest BCUT2D eigenvalue weighted by Gasteiger charge is 2.34. The Labute approximate surface area is 156 Å². The van der Waals surface area contributed by atoms with Crippen molar-refractivity contribution in [3.05, 3.63) is 112 Å². The van der Waals surface area contributed by atoms with Gasteiger partial charge in [-0.1, -0.05) is 72.8 Å². The molecule has 5 rings (SSSR count). The zero-order chi connectivity index (χ0) is 18.2. The van der Waals surface area contributed by atoms with Crippen LogP contribution in [0.2, 0.25) is 0 Å². The van der Waals surface area contributed by atoms with Gasteiger partial charge in [0.25, 0.3) is 0 Å². The monoisotopic (exact) mass is 354 g/mol. The molecule has 1 aromatic heterocycles. The van der Waals surface area contributed by atoms with Gasteiger partial charge in [-0.05, 0) is 29.7 Å². The van der Waals surface area contributed by atoms with Crippen LogP contribution in [-0.4, -0.2) is 0 Å². The average molecular weight is 354 g/mol. The first-order chi connectivity index (χ1) is 13.3. The third kappa shape index (κ3) is 2.72. The van der Waals surface area contributed by atoms with E-state index in [1.807, 2.05) is 60.7 Å². The quantitative estimate of drug-likeness (QED) is 0.449. The van der Waals surface area contributed by atoms with E-state index in [4.69, 9.17) is 9.15 Å². The summed E-state index contributed by atoms with van der Waals surface area (Å²) >= 11 is 0. The maximum absolute atomic E-state index is 12.9. The van der Waals surface area contributed by atoms with Crippen molar-refractivity contribution in [2.24, 2.45) is 0 Å². The second-order valence-corrected chi connectivity index (χ2v) is 6.84. The van der Waals surface area contributed by atoms with Crippen LogP contribution in [-0.2, 0) is 0 Å². The molecule has 3 aromatic carbocycles. The smallest absolute Gasteiger partial charge is 0.343 e. The molecule has 0 fully saturated rings. The lowest BCUT2D eigenvalue weighted by Crippen LogP contribution is -2.25. The molecule has 0 saturated carbocycles. The number of ether oxygens (including phenoxy) is 1. The van der Waals surface area contributed by atoms with Gasteiger partial charge in [0, 0.05) is 5.92 Å². The van der Waals surface area contributed by atoms with Crippen LogP contribution in [0.3, 0.4) is 0 Å². The number of benzene rings is 3. The Bertz CT molecular complexity index is 1150. The summed E-state index contributed by atoms with van der Waals surface area (Å²) in [4.78, 5) is 12.9. The summed E-state index contributed by atoms with van der Waals surface area (Å²) in [7, 11) is 0. The minimum absolute atomic E-state index is 0.0685. The topological polar surface area (TPSA) is 39.4 Å². The maximum atomic E-state index is 12.9. The molecular formula is C24H18O3. The summed E-state index contributed by atoms with van der Waals surface area (Å²) in [6.07, 6.45) is 0.582. The number of fused-ring (bicyclic) bond motifs is 3. The van der Waals surface area contributed by atoms with E-state index in [1.54, 1.807) is 0 Å². The van der Waals surface area contributed by atoms with Crippen LogP contribution in [0.1, 0.15) is 35.1 Å². The molecule has 1 aliphatic heterocycles. The second-order valence-electron chi connectivity index (χ2n) is 6.84. The Hall–Kier alpha value is -3.33. The fraction of sp³-hybridized carbons (Fsp3) is 0.125. The van der Waals surface area contributed by atoms with E-state index >= 15 is 0 Å². The van der Waals surface area contributed by atoms with E-state index in [2.05, 4.69) is 24.3 Å². The number of hydrogen-bond acceptors (Lipinski definition) is 3. The first-order valence-electron chi connectivity index (χ1n) is 9.13. The molecule has 0 spiro atoms. The molecule has 3 heteroatoms. The highest BCUT2D eigenvalue weighted by Crippen LogP contribution is 2.46. The third-order valence-electron chi connectivity index (χ3n) is 5.23. The van der Waals surface area contributed by atoms with Gasteiger partial charge in [-0.15, -0.1) is 0 Å². The van der Waals surface area contributed by atoms with E-state index < -0.39 is 0 Å². The van der Waals surface area contributed by atoms with Crippen molar-refractivity contribution in [2.75, 3.05) is 0 Å². The first-order valence-corrected chi connectivity index (χ1v) is 9.13. The summed E-state index contributed by atoms with van der Waals surface area (Å²) in [6.45, 7) is 0. The molecule has 0 bridgehead atoms. The van der Waals surface area contributed by atoms with Crippen molar-refractivity contribution >= 4 is 11.0 Å². The summed E-state index contributed by atoms with van der Waals surface area (Å²) in [5.74, 6) is 0.580. The van der Waals surface area contributed by atoms with Crippen molar-refractivity contribution in [3.63, 3.8) is 0 Å². The zero-order valence-corrected chi connectivity index (χ0v) is 14.7. The standard InChI is InChI=1S/C24H18O3/c25-24-22-19(16-9-3-1-4-10-16)15-21(17-11-5-2-6-12-17)26-23(22)18-13-7-8-14-20(18)27-24/h1-14,19,21H,15H2/t19-,21+/m0/s1. The molecule has 132 valence electrons. The van der Waals surface area contributed by atoms with Crippen LogP contribution < -0.4 is 10.4 Å². The highest BCUT2D eigenvalue weighted by molar-refractivity contribution is 5.85. The number of para-hydroxylation sites is 1. The third-order valence-corrected chi connectivity index (χ3v) is 5.23. The second kappa shape index (κ2) is 6.44. The summed E-state index contributed by atoms with van der Waals surface area (Å²) in [6, 6.07) is 27.9. The molecule has 0 radical (unpaired) electrons. The molecule has 4 aromatic rings. The van der Waals surface area contributed by atoms with Crippen molar-refractivity contribution < 1.29 is 9.15 Å². The van der Waals surface area contributed by atoms with Gasteiger partial charge in [0.2, 0.25) is 0 Å². The van der Waals surface area contributed by atoms with Crippen molar-refractivity contribution in [3.8, 4) is 5.75 Å². The van der Waals surface area contributed by atoms with Gasteiger partial charge in [-0.3, -0.25) is 0 Å². The lowest BCUT2D eigenvalue weighted by atomic mass is 9.83. The average Bonchev–Trinajstić information content (AvgIpc) is 2.74. The van der Waals surface area contributed by atoms with Crippen molar-refractivity contribution in [1.82, 2.24) is 0 Å². The molecule has 0 saturated heterocycles. The molecule has 0 N–H and O–H groups in total. The largest absolute Gasteiger partial charge is 0.484 e. The normalized spacial score (nSPS) is 18.7. The first kappa shape index (κ1) is 15.9. The van der Waals surface area contributed by atoms with Crippen LogP contribution in [0.15, 0.2) is 94.1 Å². The van der Waals surface area contributed by atoms with Crippen LogP contribution in [0.5, 0.6) is 5.75 Å². The van der Waals surface area contributed by atoms with Gasteiger partial charge in [0.1, 0.15) is 17.4 Å².